The van der Waals surface area contributed by atoms with Gasteiger partial charge in [0.15, 0.2) is 5.75 Å². The second-order valence-corrected chi connectivity index (χ2v) is 9.51. The van der Waals surface area contributed by atoms with Gasteiger partial charge in [0.1, 0.15) is 18.1 Å². The highest BCUT2D eigenvalue weighted by molar-refractivity contribution is 5.37. The summed E-state index contributed by atoms with van der Waals surface area (Å²) in [7, 11) is 1.67. The summed E-state index contributed by atoms with van der Waals surface area (Å²) in [6.45, 7) is 2.81. The topological polar surface area (TPSA) is 56.3 Å². The van der Waals surface area contributed by atoms with Crippen molar-refractivity contribution in [3.63, 3.8) is 0 Å². The van der Waals surface area contributed by atoms with Crippen LogP contribution in [0.2, 0.25) is 0 Å². The quantitative estimate of drug-likeness (QED) is 0.270. The van der Waals surface area contributed by atoms with Crippen LogP contribution in [0.4, 0.5) is 0 Å². The molecule has 5 heteroatoms. The summed E-state index contributed by atoms with van der Waals surface area (Å²) >= 11 is 0. The maximum absolute atomic E-state index is 6.11. The molecule has 1 unspecified atom stereocenters. The highest BCUT2D eigenvalue weighted by atomic mass is 16.5. The van der Waals surface area contributed by atoms with Gasteiger partial charge in [0.05, 0.1) is 18.3 Å². The molecule has 0 amide bonds. The Balaban J connectivity index is 1.22. The highest BCUT2D eigenvalue weighted by Crippen LogP contribution is 2.25. The lowest BCUT2D eigenvalue weighted by atomic mass is 9.98. The fourth-order valence-electron chi connectivity index (χ4n) is 4.61. The van der Waals surface area contributed by atoms with E-state index in [9.17, 15) is 0 Å². The summed E-state index contributed by atoms with van der Waals surface area (Å²) in [4.78, 5) is 9.55. The summed E-state index contributed by atoms with van der Waals surface area (Å²) in [5, 5.41) is 3.53. The molecule has 192 valence electrons. The third-order valence-corrected chi connectivity index (χ3v) is 6.56. The van der Waals surface area contributed by atoms with Gasteiger partial charge >= 0.3 is 0 Å². The van der Waals surface area contributed by atoms with Crippen molar-refractivity contribution in [2.75, 3.05) is 7.11 Å². The molecule has 0 saturated heterocycles. The first-order valence-corrected chi connectivity index (χ1v) is 13.0. The largest absolute Gasteiger partial charge is 0.485 e. The van der Waals surface area contributed by atoms with E-state index in [2.05, 4.69) is 78.3 Å². The standard InChI is InChI=1S/C33H33N3O2/c1-24-33(38-22-27-11-7-4-8-12-27)31(23-37-2)36-32(35-24)20-26-13-16-29(17-14-26)30-18-15-28(21-34-30)19-25-9-5-3-6-10-25/h3-18,21,30,34H,19-20,22-23H2,1-2H3. The minimum absolute atomic E-state index is 0.163. The van der Waals surface area contributed by atoms with Crippen molar-refractivity contribution in [3.8, 4) is 5.75 Å². The van der Waals surface area contributed by atoms with E-state index >= 15 is 0 Å². The van der Waals surface area contributed by atoms with E-state index in [1.54, 1.807) is 7.11 Å². The van der Waals surface area contributed by atoms with E-state index in [1.165, 1.54) is 16.7 Å². The van der Waals surface area contributed by atoms with Gasteiger partial charge in [-0.3, -0.25) is 0 Å². The van der Waals surface area contributed by atoms with Crippen LogP contribution in [0.3, 0.4) is 0 Å². The molecule has 3 aromatic carbocycles. The summed E-state index contributed by atoms with van der Waals surface area (Å²) in [6.07, 6.45) is 8.14. The molecule has 5 nitrogen and oxygen atoms in total. The number of rotatable bonds is 10. The number of nitrogens with one attached hydrogen (secondary N) is 1. The smallest absolute Gasteiger partial charge is 0.164 e. The molecule has 1 aliphatic heterocycles. The van der Waals surface area contributed by atoms with Crippen molar-refractivity contribution in [2.45, 2.75) is 39.0 Å². The van der Waals surface area contributed by atoms with E-state index in [0.29, 0.717) is 25.4 Å². The molecule has 2 heterocycles. The molecule has 0 saturated carbocycles. The number of hydrogen-bond donors (Lipinski definition) is 1. The van der Waals surface area contributed by atoms with E-state index in [4.69, 9.17) is 19.4 Å². The molecule has 38 heavy (non-hydrogen) atoms. The van der Waals surface area contributed by atoms with Crippen LogP contribution in [0, 0.1) is 6.92 Å². The number of allylic oxidation sites excluding steroid dienone is 2. The van der Waals surface area contributed by atoms with Gasteiger partial charge in [-0.25, -0.2) is 9.97 Å². The average molecular weight is 504 g/mol. The fraction of sp³-hybridized carbons (Fsp3) is 0.212. The number of benzene rings is 3. The first kappa shape index (κ1) is 25.4. The van der Waals surface area contributed by atoms with Gasteiger partial charge in [-0.05, 0) is 41.2 Å². The number of aromatic nitrogens is 2. The SMILES string of the molecule is COCc1nc(Cc2ccc(C3C=CC(Cc4ccccc4)=CN3)cc2)nc(C)c1OCc1ccccc1. The van der Waals surface area contributed by atoms with Crippen LogP contribution >= 0.6 is 0 Å². The molecule has 5 rings (SSSR count). The maximum atomic E-state index is 6.11. The second kappa shape index (κ2) is 12.3. The Morgan fingerprint density at radius 3 is 2.11 bits per heavy atom. The van der Waals surface area contributed by atoms with Crippen LogP contribution in [0.5, 0.6) is 5.75 Å². The van der Waals surface area contributed by atoms with Crippen LogP contribution in [0.1, 0.15) is 45.5 Å². The predicted octanol–water partition coefficient (Wildman–Crippen LogP) is 6.43. The number of ether oxygens (including phenoxy) is 2. The number of aryl methyl sites for hydroxylation is 1. The summed E-state index contributed by atoms with van der Waals surface area (Å²) in [5.74, 6) is 1.46. The number of hydrogen-bond acceptors (Lipinski definition) is 5. The van der Waals surface area contributed by atoms with Crippen molar-refractivity contribution in [1.29, 1.82) is 0 Å². The molecule has 0 radical (unpaired) electrons. The number of dihydropyridines is 1. The van der Waals surface area contributed by atoms with Gasteiger partial charge < -0.3 is 14.8 Å². The van der Waals surface area contributed by atoms with Crippen LogP contribution in [-0.2, 0) is 30.8 Å². The first-order valence-electron chi connectivity index (χ1n) is 13.0. The Hall–Kier alpha value is -4.22. The van der Waals surface area contributed by atoms with Crippen LogP contribution in [0.15, 0.2) is 109 Å². The molecule has 1 aromatic heterocycles. The Bertz CT molecular complexity index is 1400. The molecule has 1 aliphatic rings. The van der Waals surface area contributed by atoms with Crippen molar-refractivity contribution >= 4 is 0 Å². The third kappa shape index (κ3) is 6.55. The second-order valence-electron chi connectivity index (χ2n) is 9.51. The Morgan fingerprint density at radius 1 is 0.763 bits per heavy atom. The Morgan fingerprint density at radius 2 is 1.45 bits per heavy atom. The van der Waals surface area contributed by atoms with Gasteiger partial charge in [0, 0.05) is 19.7 Å². The maximum Gasteiger partial charge on any atom is 0.164 e. The summed E-state index contributed by atoms with van der Waals surface area (Å²) in [5.41, 5.74) is 7.68. The van der Waals surface area contributed by atoms with E-state index < -0.39 is 0 Å². The molecule has 0 bridgehead atoms. The zero-order valence-electron chi connectivity index (χ0n) is 21.9. The van der Waals surface area contributed by atoms with Crippen LogP contribution in [-0.4, -0.2) is 17.1 Å². The molecule has 0 aliphatic carbocycles. The van der Waals surface area contributed by atoms with Crippen LogP contribution < -0.4 is 10.1 Å². The van der Waals surface area contributed by atoms with E-state index in [1.807, 2.05) is 37.3 Å². The van der Waals surface area contributed by atoms with Gasteiger partial charge in [-0.1, -0.05) is 97.1 Å². The van der Waals surface area contributed by atoms with Crippen molar-refractivity contribution in [3.05, 3.63) is 148 Å². The molecule has 0 fully saturated rings. The van der Waals surface area contributed by atoms with Crippen LogP contribution in [0.25, 0.3) is 0 Å². The zero-order valence-corrected chi connectivity index (χ0v) is 21.9. The lowest BCUT2D eigenvalue weighted by molar-refractivity contribution is 0.174. The lowest BCUT2D eigenvalue weighted by Gasteiger charge is -2.20. The molecule has 1 atom stereocenters. The highest BCUT2D eigenvalue weighted by Gasteiger charge is 2.15. The van der Waals surface area contributed by atoms with Crippen molar-refractivity contribution < 1.29 is 9.47 Å². The Labute approximate surface area is 224 Å². The third-order valence-electron chi connectivity index (χ3n) is 6.56. The molecule has 4 aromatic rings. The predicted molar refractivity (Wildman–Crippen MR) is 151 cm³/mol. The van der Waals surface area contributed by atoms with E-state index in [0.717, 1.165) is 34.8 Å². The number of nitrogens with zero attached hydrogens (tertiary/aromatic N) is 2. The molecular weight excluding hydrogens is 470 g/mol. The number of methoxy groups -OCH3 is 1. The molecular formula is C33H33N3O2. The minimum atomic E-state index is 0.163. The average Bonchev–Trinajstić information content (AvgIpc) is 2.95. The van der Waals surface area contributed by atoms with Crippen molar-refractivity contribution in [1.82, 2.24) is 15.3 Å². The zero-order chi connectivity index (χ0) is 26.2. The van der Waals surface area contributed by atoms with Gasteiger partial charge in [0.25, 0.3) is 0 Å². The van der Waals surface area contributed by atoms with Gasteiger partial charge in [-0.2, -0.15) is 0 Å². The van der Waals surface area contributed by atoms with E-state index in [-0.39, 0.29) is 6.04 Å². The molecule has 1 N–H and O–H groups in total. The van der Waals surface area contributed by atoms with Gasteiger partial charge in [-0.15, -0.1) is 0 Å². The van der Waals surface area contributed by atoms with Crippen molar-refractivity contribution in [2.24, 2.45) is 0 Å². The monoisotopic (exact) mass is 503 g/mol. The first-order chi connectivity index (χ1) is 18.7. The fourth-order valence-corrected chi connectivity index (χ4v) is 4.61. The lowest BCUT2D eigenvalue weighted by Crippen LogP contribution is -2.17. The van der Waals surface area contributed by atoms with Gasteiger partial charge in [0.2, 0.25) is 0 Å². The summed E-state index contributed by atoms with van der Waals surface area (Å²) in [6, 6.07) is 29.5. The summed E-state index contributed by atoms with van der Waals surface area (Å²) < 4.78 is 11.5. The molecule has 0 spiro atoms. The minimum Gasteiger partial charge on any atom is -0.485 e. The Kier molecular flexibility index (Phi) is 8.26. The normalized spacial score (nSPS) is 14.6.